The third-order valence-electron chi connectivity index (χ3n) is 4.82. The van der Waals surface area contributed by atoms with Crippen molar-refractivity contribution in [3.63, 3.8) is 0 Å². The number of carbonyl (C=O) groups is 1. The van der Waals surface area contributed by atoms with E-state index in [0.717, 1.165) is 30.7 Å². The number of anilines is 1. The van der Waals surface area contributed by atoms with Gasteiger partial charge < -0.3 is 14.2 Å². The minimum Gasteiger partial charge on any atom is -0.434 e. The number of carbonyl (C=O) groups excluding carboxylic acids is 1. The van der Waals surface area contributed by atoms with Crippen LogP contribution < -0.4 is 10.1 Å². The van der Waals surface area contributed by atoms with Crippen molar-refractivity contribution in [2.45, 2.75) is 27.0 Å². The molecule has 9 heteroatoms. The van der Waals surface area contributed by atoms with Gasteiger partial charge in [0, 0.05) is 17.6 Å². The fourth-order valence-corrected chi connectivity index (χ4v) is 3.59. The van der Waals surface area contributed by atoms with Crippen LogP contribution in [0.25, 0.3) is 11.0 Å². The summed E-state index contributed by atoms with van der Waals surface area (Å²) in [6.45, 7) is 4.39. The molecule has 6 nitrogen and oxygen atoms in total. The van der Waals surface area contributed by atoms with Crippen molar-refractivity contribution in [3.8, 4) is 5.75 Å². The molecule has 0 spiro atoms. The molecule has 0 aliphatic rings. The number of hydrogen-bond acceptors (Lipinski definition) is 4. The third kappa shape index (κ3) is 5.14. The maximum absolute atomic E-state index is 12.9. The molecular formula is C21H23BrF2N4O2. The van der Waals surface area contributed by atoms with E-state index in [1.54, 1.807) is 0 Å². The Hall–Kier alpha value is -2.52. The number of alkyl halides is 2. The number of hydrogen-bond donors (Lipinski definition) is 1. The van der Waals surface area contributed by atoms with E-state index in [-0.39, 0.29) is 11.3 Å². The number of nitrogens with one attached hydrogen (secondary N) is 1. The summed E-state index contributed by atoms with van der Waals surface area (Å²) in [4.78, 5) is 19.7. The number of nitrogens with zero attached hydrogens (tertiary/aromatic N) is 3. The Balaban J connectivity index is 1.93. The van der Waals surface area contributed by atoms with Gasteiger partial charge in [0.2, 0.25) is 5.95 Å². The van der Waals surface area contributed by atoms with E-state index < -0.39 is 12.5 Å². The van der Waals surface area contributed by atoms with Crippen LogP contribution in [0.5, 0.6) is 5.75 Å². The summed E-state index contributed by atoms with van der Waals surface area (Å²) in [6, 6.07) is 11.9. The van der Waals surface area contributed by atoms with Gasteiger partial charge in [0.15, 0.2) is 0 Å². The highest BCUT2D eigenvalue weighted by molar-refractivity contribution is 9.10. The first-order valence-electron chi connectivity index (χ1n) is 9.66. The van der Waals surface area contributed by atoms with Crippen LogP contribution in [0.15, 0.2) is 46.9 Å². The molecule has 3 aromatic rings. The van der Waals surface area contributed by atoms with Gasteiger partial charge in [0.25, 0.3) is 5.91 Å². The summed E-state index contributed by atoms with van der Waals surface area (Å²) < 4.78 is 32.5. The number of rotatable bonds is 9. The largest absolute Gasteiger partial charge is 0.434 e. The smallest absolute Gasteiger partial charge is 0.387 e. The number of amides is 1. The highest BCUT2D eigenvalue weighted by Gasteiger charge is 2.20. The second-order valence-electron chi connectivity index (χ2n) is 6.58. The summed E-state index contributed by atoms with van der Waals surface area (Å²) in [7, 11) is 0. The predicted molar refractivity (Wildman–Crippen MR) is 116 cm³/mol. The molecule has 2 aromatic carbocycles. The van der Waals surface area contributed by atoms with Gasteiger partial charge in [-0.3, -0.25) is 10.1 Å². The van der Waals surface area contributed by atoms with E-state index in [4.69, 9.17) is 0 Å². The molecular weight excluding hydrogens is 458 g/mol. The molecule has 0 radical (unpaired) electrons. The molecule has 0 atom stereocenters. The molecule has 0 unspecified atom stereocenters. The molecule has 0 fully saturated rings. The number of aromatic nitrogens is 2. The normalized spacial score (nSPS) is 11.4. The first kappa shape index (κ1) is 22.2. The molecule has 1 N–H and O–H groups in total. The van der Waals surface area contributed by atoms with Crippen molar-refractivity contribution < 1.29 is 18.3 Å². The van der Waals surface area contributed by atoms with E-state index in [2.05, 4.69) is 49.7 Å². The van der Waals surface area contributed by atoms with E-state index in [0.29, 0.717) is 17.0 Å². The van der Waals surface area contributed by atoms with E-state index >= 15 is 0 Å². The van der Waals surface area contributed by atoms with E-state index in [1.165, 1.54) is 18.2 Å². The van der Waals surface area contributed by atoms with Gasteiger partial charge >= 0.3 is 6.61 Å². The molecule has 3 rings (SSSR count). The number of halogens is 3. The fraction of sp³-hybridized carbons (Fsp3) is 0.333. The lowest BCUT2D eigenvalue weighted by molar-refractivity contribution is -0.0501. The Morgan fingerprint density at radius 2 is 1.97 bits per heavy atom. The zero-order valence-corrected chi connectivity index (χ0v) is 18.3. The lowest BCUT2D eigenvalue weighted by Crippen LogP contribution is -2.27. The van der Waals surface area contributed by atoms with Crippen molar-refractivity contribution in [1.82, 2.24) is 14.5 Å². The van der Waals surface area contributed by atoms with Gasteiger partial charge in [0.05, 0.1) is 16.6 Å². The lowest BCUT2D eigenvalue weighted by Gasteiger charge is -2.19. The average molecular weight is 481 g/mol. The second-order valence-corrected chi connectivity index (χ2v) is 7.49. The summed E-state index contributed by atoms with van der Waals surface area (Å²) in [6.07, 6.45) is 0. The van der Waals surface area contributed by atoms with Crippen LogP contribution in [0.1, 0.15) is 24.2 Å². The van der Waals surface area contributed by atoms with Crippen LogP contribution in [0, 0.1) is 0 Å². The molecule has 0 aliphatic carbocycles. The minimum atomic E-state index is -3.03. The monoisotopic (exact) mass is 480 g/mol. The number of likely N-dealkylation sites (N-methyl/N-ethyl adjacent to an activating group) is 1. The Bertz CT molecular complexity index is 1020. The zero-order chi connectivity index (χ0) is 21.7. The molecule has 30 heavy (non-hydrogen) atoms. The maximum atomic E-state index is 12.9. The Morgan fingerprint density at radius 1 is 1.23 bits per heavy atom. The van der Waals surface area contributed by atoms with Crippen LogP contribution in [0.4, 0.5) is 14.7 Å². The van der Waals surface area contributed by atoms with Crippen molar-refractivity contribution in [2.75, 3.05) is 25.0 Å². The van der Waals surface area contributed by atoms with Crippen molar-refractivity contribution in [3.05, 3.63) is 52.5 Å². The number of fused-ring (bicyclic) bond motifs is 1. The van der Waals surface area contributed by atoms with Gasteiger partial charge in [-0.2, -0.15) is 8.78 Å². The molecule has 160 valence electrons. The van der Waals surface area contributed by atoms with Crippen molar-refractivity contribution in [2.24, 2.45) is 0 Å². The standard InChI is InChI=1S/C21H23BrF2N4O2/c1-3-27(4-2)11-12-28-17-8-6-5-7-16(17)25-21(28)26-19(29)15-13-14(22)9-10-18(15)30-20(23)24/h5-10,13,20H,3-4,11-12H2,1-2H3,(H,25,26,29). The SMILES string of the molecule is CCN(CC)CCn1c(NC(=O)c2cc(Br)ccc2OC(F)F)nc2ccccc21. The van der Waals surface area contributed by atoms with Crippen molar-refractivity contribution >= 4 is 38.8 Å². The minimum absolute atomic E-state index is 0.00739. The average Bonchev–Trinajstić information content (AvgIpc) is 3.06. The molecule has 0 bridgehead atoms. The van der Waals surface area contributed by atoms with E-state index in [9.17, 15) is 13.6 Å². The second kappa shape index (κ2) is 9.99. The van der Waals surface area contributed by atoms with E-state index in [1.807, 2.05) is 28.8 Å². The van der Waals surface area contributed by atoms with Crippen LogP contribution in [0.2, 0.25) is 0 Å². The van der Waals surface area contributed by atoms with Gasteiger partial charge in [-0.25, -0.2) is 4.98 Å². The Labute approximate surface area is 182 Å². The molecule has 0 saturated carbocycles. The van der Waals surface area contributed by atoms with Crippen LogP contribution >= 0.6 is 15.9 Å². The Morgan fingerprint density at radius 3 is 2.67 bits per heavy atom. The highest BCUT2D eigenvalue weighted by Crippen LogP contribution is 2.27. The zero-order valence-electron chi connectivity index (χ0n) is 16.7. The quantitative estimate of drug-likeness (QED) is 0.468. The fourth-order valence-electron chi connectivity index (χ4n) is 3.23. The highest BCUT2D eigenvalue weighted by atomic mass is 79.9. The number of benzene rings is 2. The maximum Gasteiger partial charge on any atom is 0.387 e. The summed E-state index contributed by atoms with van der Waals surface area (Å²) >= 11 is 3.27. The molecule has 1 amide bonds. The topological polar surface area (TPSA) is 59.4 Å². The number of ether oxygens (including phenoxy) is 1. The van der Waals surface area contributed by atoms with Gasteiger partial charge in [0.1, 0.15) is 5.75 Å². The van der Waals surface area contributed by atoms with Crippen LogP contribution in [0.3, 0.4) is 0 Å². The molecule has 1 heterocycles. The predicted octanol–water partition coefficient (Wildman–Crippen LogP) is 4.99. The Kier molecular flexibility index (Phi) is 7.38. The summed E-state index contributed by atoms with van der Waals surface area (Å²) in [5.74, 6) is -0.417. The lowest BCUT2D eigenvalue weighted by atomic mass is 10.2. The van der Waals surface area contributed by atoms with Gasteiger partial charge in [-0.15, -0.1) is 0 Å². The molecule has 0 aliphatic heterocycles. The third-order valence-corrected chi connectivity index (χ3v) is 5.31. The first-order valence-corrected chi connectivity index (χ1v) is 10.5. The van der Waals surface area contributed by atoms with Crippen LogP contribution in [-0.4, -0.2) is 46.6 Å². The van der Waals surface area contributed by atoms with Gasteiger partial charge in [-0.1, -0.05) is 41.9 Å². The molecule has 1 aromatic heterocycles. The summed E-state index contributed by atoms with van der Waals surface area (Å²) in [5.41, 5.74) is 1.62. The van der Waals surface area contributed by atoms with Crippen LogP contribution in [-0.2, 0) is 6.54 Å². The number of imidazole rings is 1. The summed E-state index contributed by atoms with van der Waals surface area (Å²) in [5, 5.41) is 2.77. The van der Waals surface area contributed by atoms with Gasteiger partial charge in [-0.05, 0) is 43.4 Å². The van der Waals surface area contributed by atoms with Crippen molar-refractivity contribution in [1.29, 1.82) is 0 Å². The first-order chi connectivity index (χ1) is 14.4. The molecule has 0 saturated heterocycles. The number of para-hydroxylation sites is 2.